The molecule has 0 spiro atoms. The summed E-state index contributed by atoms with van der Waals surface area (Å²) < 4.78 is 0. The van der Waals surface area contributed by atoms with Crippen molar-refractivity contribution in [1.82, 2.24) is 10.2 Å². The third-order valence-corrected chi connectivity index (χ3v) is 3.50. The summed E-state index contributed by atoms with van der Waals surface area (Å²) in [5, 5.41) is 3.60. The van der Waals surface area contributed by atoms with E-state index in [1.807, 2.05) is 0 Å². The second-order valence-corrected chi connectivity index (χ2v) is 4.97. The van der Waals surface area contributed by atoms with E-state index in [9.17, 15) is 0 Å². The van der Waals surface area contributed by atoms with Gasteiger partial charge in [-0.15, -0.1) is 0 Å². The first-order chi connectivity index (χ1) is 8.38. The largest absolute Gasteiger partial charge is 0.313 e. The quantitative estimate of drug-likeness (QED) is 0.858. The molecule has 94 valence electrons. The zero-order valence-corrected chi connectivity index (χ0v) is 10.9. The van der Waals surface area contributed by atoms with Gasteiger partial charge < -0.3 is 5.32 Å². The van der Waals surface area contributed by atoms with Gasteiger partial charge in [0, 0.05) is 19.1 Å². The molecule has 1 saturated heterocycles. The van der Waals surface area contributed by atoms with Crippen molar-refractivity contribution < 1.29 is 0 Å². The molecule has 1 N–H and O–H groups in total. The zero-order valence-electron chi connectivity index (χ0n) is 10.9. The van der Waals surface area contributed by atoms with Crippen molar-refractivity contribution in [2.75, 3.05) is 19.6 Å². The molecule has 2 heteroatoms. The van der Waals surface area contributed by atoms with Crippen LogP contribution in [0.2, 0.25) is 0 Å². The van der Waals surface area contributed by atoms with E-state index < -0.39 is 0 Å². The molecule has 1 aromatic rings. The maximum absolute atomic E-state index is 3.60. The SMILES string of the molecule is CCNC1CCCCN(Cc2ccccc2)C1. The van der Waals surface area contributed by atoms with Crippen molar-refractivity contribution in [3.63, 3.8) is 0 Å². The molecule has 1 atom stereocenters. The first-order valence-corrected chi connectivity index (χ1v) is 6.88. The van der Waals surface area contributed by atoms with E-state index in [1.165, 1.54) is 37.9 Å². The van der Waals surface area contributed by atoms with Gasteiger partial charge in [-0.25, -0.2) is 0 Å². The number of likely N-dealkylation sites (N-methyl/N-ethyl adjacent to an activating group) is 1. The molecule has 1 unspecified atom stereocenters. The maximum atomic E-state index is 3.60. The smallest absolute Gasteiger partial charge is 0.0234 e. The summed E-state index contributed by atoms with van der Waals surface area (Å²) >= 11 is 0. The maximum Gasteiger partial charge on any atom is 0.0234 e. The Bertz CT molecular complexity index is 310. The van der Waals surface area contributed by atoms with Crippen LogP contribution < -0.4 is 5.32 Å². The van der Waals surface area contributed by atoms with Crippen molar-refractivity contribution in [2.24, 2.45) is 0 Å². The molecule has 0 aliphatic carbocycles. The van der Waals surface area contributed by atoms with Gasteiger partial charge in [-0.2, -0.15) is 0 Å². The number of nitrogens with zero attached hydrogens (tertiary/aromatic N) is 1. The second kappa shape index (κ2) is 6.77. The number of hydrogen-bond donors (Lipinski definition) is 1. The van der Waals surface area contributed by atoms with Crippen LogP contribution in [0.4, 0.5) is 0 Å². The Morgan fingerprint density at radius 3 is 2.82 bits per heavy atom. The average molecular weight is 232 g/mol. The number of nitrogens with one attached hydrogen (secondary N) is 1. The Balaban J connectivity index is 1.90. The summed E-state index contributed by atoms with van der Waals surface area (Å²) in [5.74, 6) is 0. The van der Waals surface area contributed by atoms with Gasteiger partial charge in [0.2, 0.25) is 0 Å². The molecule has 1 aromatic carbocycles. The van der Waals surface area contributed by atoms with E-state index in [0.717, 1.165) is 13.1 Å². The van der Waals surface area contributed by atoms with Crippen molar-refractivity contribution in [2.45, 2.75) is 38.8 Å². The van der Waals surface area contributed by atoms with Crippen LogP contribution in [-0.2, 0) is 6.54 Å². The lowest BCUT2D eigenvalue weighted by atomic mass is 10.1. The molecule has 2 nitrogen and oxygen atoms in total. The third-order valence-electron chi connectivity index (χ3n) is 3.50. The van der Waals surface area contributed by atoms with E-state index in [4.69, 9.17) is 0 Å². The topological polar surface area (TPSA) is 15.3 Å². The highest BCUT2D eigenvalue weighted by molar-refractivity contribution is 5.14. The molecule has 0 aromatic heterocycles. The van der Waals surface area contributed by atoms with Gasteiger partial charge in [0.1, 0.15) is 0 Å². The lowest BCUT2D eigenvalue weighted by Crippen LogP contribution is -2.39. The predicted molar refractivity (Wildman–Crippen MR) is 73.0 cm³/mol. The summed E-state index contributed by atoms with van der Waals surface area (Å²) in [6, 6.07) is 11.5. The number of likely N-dealkylation sites (tertiary alicyclic amines) is 1. The van der Waals surface area contributed by atoms with Crippen LogP contribution in [0.1, 0.15) is 31.7 Å². The van der Waals surface area contributed by atoms with Gasteiger partial charge in [0.05, 0.1) is 0 Å². The first-order valence-electron chi connectivity index (χ1n) is 6.88. The molecule has 2 rings (SSSR count). The molecule has 0 bridgehead atoms. The van der Waals surface area contributed by atoms with Crippen LogP contribution in [0, 0.1) is 0 Å². The van der Waals surface area contributed by atoms with Crippen molar-refractivity contribution in [1.29, 1.82) is 0 Å². The molecule has 17 heavy (non-hydrogen) atoms. The molecular weight excluding hydrogens is 208 g/mol. The highest BCUT2D eigenvalue weighted by Crippen LogP contribution is 2.13. The van der Waals surface area contributed by atoms with Gasteiger partial charge >= 0.3 is 0 Å². The summed E-state index contributed by atoms with van der Waals surface area (Å²) in [6.07, 6.45) is 4.04. The zero-order chi connectivity index (χ0) is 11.9. The summed E-state index contributed by atoms with van der Waals surface area (Å²) in [5.41, 5.74) is 1.43. The van der Waals surface area contributed by atoms with Crippen molar-refractivity contribution >= 4 is 0 Å². The van der Waals surface area contributed by atoms with Gasteiger partial charge in [-0.05, 0) is 31.5 Å². The standard InChI is InChI=1S/C15H24N2/c1-2-16-15-10-6-7-11-17(13-15)12-14-8-4-3-5-9-14/h3-5,8-9,15-16H,2,6-7,10-13H2,1H3. The average Bonchev–Trinajstić information content (AvgIpc) is 2.56. The Morgan fingerprint density at radius 1 is 1.24 bits per heavy atom. The second-order valence-electron chi connectivity index (χ2n) is 4.97. The molecule has 0 amide bonds. The number of benzene rings is 1. The van der Waals surface area contributed by atoms with Gasteiger partial charge in [0.15, 0.2) is 0 Å². The van der Waals surface area contributed by atoms with Crippen LogP contribution >= 0.6 is 0 Å². The van der Waals surface area contributed by atoms with Crippen LogP contribution in [0.25, 0.3) is 0 Å². The molecule has 1 heterocycles. The van der Waals surface area contributed by atoms with Crippen LogP contribution in [-0.4, -0.2) is 30.6 Å². The van der Waals surface area contributed by atoms with Gasteiger partial charge in [-0.1, -0.05) is 43.7 Å². The van der Waals surface area contributed by atoms with E-state index in [-0.39, 0.29) is 0 Å². The molecule has 1 fully saturated rings. The Kier molecular flexibility index (Phi) is 5.02. The fourth-order valence-electron chi connectivity index (χ4n) is 2.66. The van der Waals surface area contributed by atoms with Crippen LogP contribution in [0.15, 0.2) is 30.3 Å². The number of hydrogen-bond acceptors (Lipinski definition) is 2. The molecular formula is C15H24N2. The summed E-state index contributed by atoms with van der Waals surface area (Å²) in [6.45, 7) is 6.83. The predicted octanol–water partition coefficient (Wildman–Crippen LogP) is 2.65. The molecule has 0 radical (unpaired) electrons. The molecule has 1 aliphatic rings. The Hall–Kier alpha value is -0.860. The third kappa shape index (κ3) is 4.14. The number of rotatable bonds is 4. The van der Waals surface area contributed by atoms with E-state index >= 15 is 0 Å². The van der Waals surface area contributed by atoms with Crippen molar-refractivity contribution in [3.05, 3.63) is 35.9 Å². The minimum Gasteiger partial charge on any atom is -0.313 e. The van der Waals surface area contributed by atoms with E-state index in [2.05, 4.69) is 47.5 Å². The highest BCUT2D eigenvalue weighted by atomic mass is 15.1. The van der Waals surface area contributed by atoms with Crippen molar-refractivity contribution in [3.8, 4) is 0 Å². The van der Waals surface area contributed by atoms with Crippen LogP contribution in [0.3, 0.4) is 0 Å². The summed E-state index contributed by atoms with van der Waals surface area (Å²) in [7, 11) is 0. The molecule has 0 saturated carbocycles. The normalized spacial score (nSPS) is 22.3. The Morgan fingerprint density at radius 2 is 2.06 bits per heavy atom. The minimum atomic E-state index is 0.686. The fourth-order valence-corrected chi connectivity index (χ4v) is 2.66. The molecule has 1 aliphatic heterocycles. The summed E-state index contributed by atoms with van der Waals surface area (Å²) in [4.78, 5) is 2.59. The first kappa shape index (κ1) is 12.6. The van der Waals surface area contributed by atoms with E-state index in [1.54, 1.807) is 0 Å². The minimum absolute atomic E-state index is 0.686. The van der Waals surface area contributed by atoms with Gasteiger partial charge in [0.25, 0.3) is 0 Å². The fraction of sp³-hybridized carbons (Fsp3) is 0.600. The van der Waals surface area contributed by atoms with E-state index in [0.29, 0.717) is 6.04 Å². The lowest BCUT2D eigenvalue weighted by Gasteiger charge is -2.24. The Labute approximate surface area is 105 Å². The lowest BCUT2D eigenvalue weighted by molar-refractivity contribution is 0.252. The van der Waals surface area contributed by atoms with Gasteiger partial charge in [-0.3, -0.25) is 4.90 Å². The highest BCUT2D eigenvalue weighted by Gasteiger charge is 2.16. The monoisotopic (exact) mass is 232 g/mol. The van der Waals surface area contributed by atoms with Crippen LogP contribution in [0.5, 0.6) is 0 Å².